The summed E-state index contributed by atoms with van der Waals surface area (Å²) < 4.78 is 5.80. The van der Waals surface area contributed by atoms with Gasteiger partial charge in [-0.05, 0) is 49.9 Å². The Morgan fingerprint density at radius 2 is 2.10 bits per heavy atom. The van der Waals surface area contributed by atoms with Gasteiger partial charge in [-0.1, -0.05) is 31.5 Å². The molecular formula is C18H28N2O. The standard InChI is InChI=1S/C18H28N2O/c1-2-20(17-8-5-6-14(17)12-19)13-15-10-11-21-18-9-4-3-7-16(15)18/h3-4,7,9,14-15,17H,2,5-6,8,10-13,19H2,1H3. The third-order valence-corrected chi connectivity index (χ3v) is 5.33. The number of benzene rings is 1. The van der Waals surface area contributed by atoms with Crippen LogP contribution in [-0.2, 0) is 0 Å². The van der Waals surface area contributed by atoms with E-state index in [1.54, 1.807) is 0 Å². The third-order valence-electron chi connectivity index (χ3n) is 5.33. The van der Waals surface area contributed by atoms with E-state index in [1.165, 1.54) is 24.8 Å². The molecule has 1 saturated carbocycles. The smallest absolute Gasteiger partial charge is 0.122 e. The van der Waals surface area contributed by atoms with E-state index in [0.717, 1.165) is 38.4 Å². The van der Waals surface area contributed by atoms with Crippen LogP contribution in [0.5, 0.6) is 5.75 Å². The first-order chi connectivity index (χ1) is 10.3. The predicted octanol–water partition coefficient (Wildman–Crippen LogP) is 3.00. The summed E-state index contributed by atoms with van der Waals surface area (Å²) in [6.07, 6.45) is 5.10. The van der Waals surface area contributed by atoms with E-state index in [1.807, 2.05) is 0 Å². The molecule has 116 valence electrons. The molecule has 1 aromatic rings. The number of nitrogens with two attached hydrogens (primary N) is 1. The van der Waals surface area contributed by atoms with Gasteiger partial charge in [0.1, 0.15) is 5.75 Å². The summed E-state index contributed by atoms with van der Waals surface area (Å²) in [6, 6.07) is 9.24. The number of fused-ring (bicyclic) bond motifs is 1. The topological polar surface area (TPSA) is 38.5 Å². The molecule has 21 heavy (non-hydrogen) atoms. The van der Waals surface area contributed by atoms with Crippen LogP contribution in [0.3, 0.4) is 0 Å². The van der Waals surface area contributed by atoms with Crippen LogP contribution in [0.4, 0.5) is 0 Å². The van der Waals surface area contributed by atoms with Crippen molar-refractivity contribution in [2.45, 2.75) is 44.6 Å². The van der Waals surface area contributed by atoms with Gasteiger partial charge in [-0.15, -0.1) is 0 Å². The normalized spacial score (nSPS) is 28.4. The lowest BCUT2D eigenvalue weighted by atomic mass is 9.91. The Bertz CT molecular complexity index is 462. The summed E-state index contributed by atoms with van der Waals surface area (Å²) in [6.45, 7) is 6.26. The Labute approximate surface area is 128 Å². The van der Waals surface area contributed by atoms with Crippen molar-refractivity contribution in [2.75, 3.05) is 26.2 Å². The maximum Gasteiger partial charge on any atom is 0.122 e. The van der Waals surface area contributed by atoms with Gasteiger partial charge in [-0.3, -0.25) is 4.90 Å². The van der Waals surface area contributed by atoms with Gasteiger partial charge < -0.3 is 10.5 Å². The molecule has 1 aliphatic heterocycles. The van der Waals surface area contributed by atoms with Crippen LogP contribution in [0, 0.1) is 5.92 Å². The summed E-state index contributed by atoms with van der Waals surface area (Å²) in [7, 11) is 0. The van der Waals surface area contributed by atoms with E-state index < -0.39 is 0 Å². The molecule has 2 aliphatic rings. The second-order valence-electron chi connectivity index (χ2n) is 6.45. The van der Waals surface area contributed by atoms with E-state index >= 15 is 0 Å². The largest absolute Gasteiger partial charge is 0.493 e. The highest BCUT2D eigenvalue weighted by atomic mass is 16.5. The van der Waals surface area contributed by atoms with Crippen molar-refractivity contribution >= 4 is 0 Å². The third kappa shape index (κ3) is 3.09. The zero-order chi connectivity index (χ0) is 14.7. The number of nitrogens with zero attached hydrogens (tertiary/aromatic N) is 1. The SMILES string of the molecule is CCN(CC1CCOc2ccccc21)C1CCCC1CN. The average molecular weight is 288 g/mol. The Morgan fingerprint density at radius 1 is 1.24 bits per heavy atom. The van der Waals surface area contributed by atoms with Gasteiger partial charge in [-0.25, -0.2) is 0 Å². The van der Waals surface area contributed by atoms with Crippen LogP contribution < -0.4 is 10.5 Å². The molecule has 0 saturated heterocycles. The van der Waals surface area contributed by atoms with Crippen LogP contribution >= 0.6 is 0 Å². The summed E-state index contributed by atoms with van der Waals surface area (Å²) in [5.74, 6) is 2.39. The Hall–Kier alpha value is -1.06. The van der Waals surface area contributed by atoms with Crippen molar-refractivity contribution in [3.8, 4) is 5.75 Å². The fraction of sp³-hybridized carbons (Fsp3) is 0.667. The summed E-state index contributed by atoms with van der Waals surface area (Å²) in [4.78, 5) is 2.68. The number of hydrogen-bond acceptors (Lipinski definition) is 3. The minimum absolute atomic E-state index is 0.605. The van der Waals surface area contributed by atoms with Crippen LogP contribution in [0.15, 0.2) is 24.3 Å². The number of likely N-dealkylation sites (N-methyl/N-ethyl adjacent to an activating group) is 1. The highest BCUT2D eigenvalue weighted by molar-refractivity contribution is 5.38. The first-order valence-electron chi connectivity index (χ1n) is 8.49. The number of rotatable bonds is 5. The van der Waals surface area contributed by atoms with Crippen molar-refractivity contribution in [1.29, 1.82) is 0 Å². The van der Waals surface area contributed by atoms with E-state index in [0.29, 0.717) is 17.9 Å². The molecule has 2 N–H and O–H groups in total. The maximum absolute atomic E-state index is 5.98. The maximum atomic E-state index is 5.98. The number of para-hydroxylation sites is 1. The Kier molecular flexibility index (Phi) is 4.81. The van der Waals surface area contributed by atoms with Crippen molar-refractivity contribution in [3.05, 3.63) is 29.8 Å². The number of hydrogen-bond donors (Lipinski definition) is 1. The zero-order valence-corrected chi connectivity index (χ0v) is 13.1. The highest BCUT2D eigenvalue weighted by Crippen LogP contribution is 2.36. The van der Waals surface area contributed by atoms with Crippen LogP contribution in [0.1, 0.15) is 44.1 Å². The fourth-order valence-corrected chi connectivity index (χ4v) is 4.16. The summed E-state index contributed by atoms with van der Waals surface area (Å²) in [5, 5.41) is 0. The van der Waals surface area contributed by atoms with Gasteiger partial charge in [-0.2, -0.15) is 0 Å². The molecule has 0 amide bonds. The van der Waals surface area contributed by atoms with Gasteiger partial charge in [0.15, 0.2) is 0 Å². The molecule has 0 spiro atoms. The lowest BCUT2D eigenvalue weighted by molar-refractivity contribution is 0.146. The van der Waals surface area contributed by atoms with Gasteiger partial charge in [0.25, 0.3) is 0 Å². The quantitative estimate of drug-likeness (QED) is 0.905. The molecule has 1 aromatic carbocycles. The Balaban J connectivity index is 1.73. The van der Waals surface area contributed by atoms with E-state index in [9.17, 15) is 0 Å². The lowest BCUT2D eigenvalue weighted by Gasteiger charge is -2.36. The van der Waals surface area contributed by atoms with E-state index in [2.05, 4.69) is 36.1 Å². The summed E-state index contributed by atoms with van der Waals surface area (Å²) >= 11 is 0. The second kappa shape index (κ2) is 6.80. The van der Waals surface area contributed by atoms with Crippen LogP contribution in [0.2, 0.25) is 0 Å². The van der Waals surface area contributed by atoms with Gasteiger partial charge in [0, 0.05) is 18.5 Å². The van der Waals surface area contributed by atoms with Gasteiger partial charge in [0.05, 0.1) is 6.61 Å². The second-order valence-corrected chi connectivity index (χ2v) is 6.45. The molecule has 1 aliphatic carbocycles. The minimum Gasteiger partial charge on any atom is -0.493 e. The van der Waals surface area contributed by atoms with Crippen LogP contribution in [0.25, 0.3) is 0 Å². The van der Waals surface area contributed by atoms with Gasteiger partial charge in [0.2, 0.25) is 0 Å². The average Bonchev–Trinajstić information content (AvgIpc) is 3.01. The molecule has 3 heteroatoms. The highest BCUT2D eigenvalue weighted by Gasteiger charge is 2.32. The monoisotopic (exact) mass is 288 g/mol. The van der Waals surface area contributed by atoms with Crippen molar-refractivity contribution in [2.24, 2.45) is 11.7 Å². The summed E-state index contributed by atoms with van der Waals surface area (Å²) in [5.41, 5.74) is 7.37. The molecular weight excluding hydrogens is 260 g/mol. The fourth-order valence-electron chi connectivity index (χ4n) is 4.16. The molecule has 0 aromatic heterocycles. The van der Waals surface area contributed by atoms with Crippen molar-refractivity contribution in [3.63, 3.8) is 0 Å². The molecule has 3 rings (SSSR count). The van der Waals surface area contributed by atoms with E-state index in [-0.39, 0.29) is 0 Å². The predicted molar refractivity (Wildman–Crippen MR) is 86.7 cm³/mol. The first-order valence-corrected chi connectivity index (χ1v) is 8.49. The lowest BCUT2D eigenvalue weighted by Crippen LogP contribution is -2.43. The molecule has 0 radical (unpaired) electrons. The van der Waals surface area contributed by atoms with Crippen LogP contribution in [-0.4, -0.2) is 37.2 Å². The van der Waals surface area contributed by atoms with Crippen molar-refractivity contribution < 1.29 is 4.74 Å². The zero-order valence-electron chi connectivity index (χ0n) is 13.1. The van der Waals surface area contributed by atoms with Gasteiger partial charge >= 0.3 is 0 Å². The molecule has 1 fully saturated rings. The van der Waals surface area contributed by atoms with E-state index in [4.69, 9.17) is 10.5 Å². The molecule has 3 atom stereocenters. The van der Waals surface area contributed by atoms with Crippen molar-refractivity contribution in [1.82, 2.24) is 4.90 Å². The molecule has 0 bridgehead atoms. The molecule has 1 heterocycles. The minimum atomic E-state index is 0.605. The molecule has 3 nitrogen and oxygen atoms in total. The Morgan fingerprint density at radius 3 is 2.90 bits per heavy atom. The number of ether oxygens (including phenoxy) is 1. The molecule has 3 unspecified atom stereocenters. The first kappa shape index (κ1) is 14.9.